The molecule has 0 spiro atoms. The van der Waals surface area contributed by atoms with Gasteiger partial charge in [-0.05, 0) is 25.1 Å². The fourth-order valence-electron chi connectivity index (χ4n) is 2.35. The minimum absolute atomic E-state index is 0.168. The van der Waals surface area contributed by atoms with Crippen molar-refractivity contribution in [3.63, 3.8) is 0 Å². The molecule has 22 heavy (non-hydrogen) atoms. The molecule has 2 aromatic rings. The zero-order valence-electron chi connectivity index (χ0n) is 13.4. The van der Waals surface area contributed by atoms with Crippen LogP contribution in [0.1, 0.15) is 19.4 Å². The third-order valence-electron chi connectivity index (χ3n) is 3.44. The highest BCUT2D eigenvalue weighted by Gasteiger charge is 2.22. The Bertz CT molecular complexity index is 733. The van der Waals surface area contributed by atoms with Crippen LogP contribution >= 0.6 is 0 Å². The number of amides is 1. The van der Waals surface area contributed by atoms with Crippen LogP contribution < -0.4 is 15.8 Å². The molecule has 0 saturated carbocycles. The van der Waals surface area contributed by atoms with Gasteiger partial charge in [-0.25, -0.2) is 0 Å². The predicted molar refractivity (Wildman–Crippen MR) is 90.0 cm³/mol. The van der Waals surface area contributed by atoms with E-state index in [1.54, 1.807) is 18.1 Å². The minimum Gasteiger partial charge on any atom is -0.363 e. The normalized spacial score (nSPS) is 12.9. The maximum Gasteiger partial charge on any atom is 0.281 e. The summed E-state index contributed by atoms with van der Waals surface area (Å²) >= 11 is 0. The van der Waals surface area contributed by atoms with E-state index in [2.05, 4.69) is 5.32 Å². The number of pyridine rings is 1. The molecule has 0 atom stereocenters. The number of fused-ring (bicyclic) bond motifs is 1. The van der Waals surface area contributed by atoms with Crippen LogP contribution in [0.15, 0.2) is 41.3 Å². The molecule has 0 radical (unpaired) electrons. The fraction of sp³-hybridized carbons (Fsp3) is 0.294. The molecule has 1 N–H and O–H groups in total. The summed E-state index contributed by atoms with van der Waals surface area (Å²) in [6, 6.07) is 9.52. The molecule has 0 unspecified atom stereocenters. The number of nitrogens with one attached hydrogen (secondary N) is 1. The summed E-state index contributed by atoms with van der Waals surface area (Å²) in [7, 11) is 1.80. The molecular weight excluding hydrogens is 278 g/mol. The molecule has 1 aromatic carbocycles. The Morgan fingerprint density at radius 2 is 1.68 bits per heavy atom. The van der Waals surface area contributed by atoms with Crippen LogP contribution in [0, 0.1) is 6.92 Å². The maximum atomic E-state index is 12.5. The number of carbonyl (C=O) groups is 1. The van der Waals surface area contributed by atoms with Gasteiger partial charge in [-0.2, -0.15) is 0 Å². The van der Waals surface area contributed by atoms with Crippen LogP contribution in [0.5, 0.6) is 0 Å². The van der Waals surface area contributed by atoms with Gasteiger partial charge in [0, 0.05) is 18.9 Å². The van der Waals surface area contributed by atoms with Gasteiger partial charge in [0.2, 0.25) is 5.91 Å². The van der Waals surface area contributed by atoms with Crippen molar-refractivity contribution in [1.82, 2.24) is 4.57 Å². The number of aryl methyl sites for hydroxylation is 1. The molecule has 0 saturated heterocycles. The lowest BCUT2D eigenvalue weighted by atomic mass is 10.2. The van der Waals surface area contributed by atoms with Crippen molar-refractivity contribution in [2.45, 2.75) is 20.8 Å². The van der Waals surface area contributed by atoms with E-state index in [1.807, 2.05) is 51.1 Å². The van der Waals surface area contributed by atoms with Gasteiger partial charge in [0.05, 0.1) is 12.2 Å². The zero-order valence-corrected chi connectivity index (χ0v) is 13.4. The number of aromatic nitrogens is 1. The van der Waals surface area contributed by atoms with Crippen molar-refractivity contribution < 1.29 is 4.79 Å². The van der Waals surface area contributed by atoms with Crippen molar-refractivity contribution in [3.8, 4) is 5.69 Å². The lowest BCUT2D eigenvalue weighted by Gasteiger charge is -2.27. The van der Waals surface area contributed by atoms with E-state index in [1.165, 1.54) is 4.57 Å². The van der Waals surface area contributed by atoms with Gasteiger partial charge in [0.25, 0.3) is 5.56 Å². The quantitative estimate of drug-likeness (QED) is 0.880. The Kier molecular flexibility index (Phi) is 4.65. The average Bonchev–Trinajstić information content (AvgIpc) is 2.51. The first-order valence-electron chi connectivity index (χ1n) is 7.40. The van der Waals surface area contributed by atoms with E-state index in [0.29, 0.717) is 5.69 Å². The second-order valence-corrected chi connectivity index (χ2v) is 4.99. The molecule has 1 amide bonds. The predicted octanol–water partition coefficient (Wildman–Crippen LogP) is 2.56. The smallest absolute Gasteiger partial charge is 0.281 e. The van der Waals surface area contributed by atoms with E-state index in [-0.39, 0.29) is 18.0 Å². The van der Waals surface area contributed by atoms with Crippen LogP contribution in [0.25, 0.3) is 5.69 Å². The van der Waals surface area contributed by atoms with Crippen LogP contribution in [0.4, 0.5) is 11.4 Å². The topological polar surface area (TPSA) is 54.3 Å². The zero-order chi connectivity index (χ0) is 16.3. The van der Waals surface area contributed by atoms with Crippen molar-refractivity contribution in [3.05, 3.63) is 52.4 Å². The number of carbonyl (C=O) groups excluding carboxylic acids is 1. The molecule has 0 aliphatic carbocycles. The van der Waals surface area contributed by atoms with Crippen LogP contribution in [-0.4, -0.2) is 24.1 Å². The number of hydrogen-bond acceptors (Lipinski definition) is 3. The second kappa shape index (κ2) is 6.47. The molecule has 0 bridgehead atoms. The van der Waals surface area contributed by atoms with E-state index in [0.717, 1.165) is 16.9 Å². The lowest BCUT2D eigenvalue weighted by molar-refractivity contribution is -0.115. The number of rotatable bonds is 1. The van der Waals surface area contributed by atoms with E-state index >= 15 is 0 Å². The third kappa shape index (κ3) is 2.88. The van der Waals surface area contributed by atoms with Gasteiger partial charge in [-0.3, -0.25) is 14.2 Å². The molecule has 2 heterocycles. The first kappa shape index (κ1) is 15.8. The molecule has 5 heteroatoms. The molecular formula is C17H21N3O2. The minimum atomic E-state index is -0.216. The van der Waals surface area contributed by atoms with Crippen LogP contribution in [0.2, 0.25) is 0 Å². The first-order chi connectivity index (χ1) is 10.6. The summed E-state index contributed by atoms with van der Waals surface area (Å²) in [5.74, 6) is -0.168. The molecule has 1 aliphatic heterocycles. The van der Waals surface area contributed by atoms with Crippen LogP contribution in [-0.2, 0) is 4.79 Å². The molecule has 1 aliphatic rings. The van der Waals surface area contributed by atoms with Gasteiger partial charge in [-0.15, -0.1) is 0 Å². The van der Waals surface area contributed by atoms with Crippen molar-refractivity contribution in [2.75, 3.05) is 23.8 Å². The summed E-state index contributed by atoms with van der Waals surface area (Å²) in [5, 5.41) is 2.67. The van der Waals surface area contributed by atoms with Gasteiger partial charge >= 0.3 is 0 Å². The molecule has 116 valence electrons. The Balaban J connectivity index is 0.000000847. The Morgan fingerprint density at radius 1 is 1.05 bits per heavy atom. The first-order valence-corrected chi connectivity index (χ1v) is 7.40. The Labute approximate surface area is 130 Å². The molecule has 0 fully saturated rings. The highest BCUT2D eigenvalue weighted by Crippen LogP contribution is 2.24. The van der Waals surface area contributed by atoms with Crippen molar-refractivity contribution >= 4 is 17.3 Å². The van der Waals surface area contributed by atoms with Crippen molar-refractivity contribution in [1.29, 1.82) is 0 Å². The number of likely N-dealkylation sites (N-methyl/N-ethyl adjacent to an activating group) is 1. The number of hydrogen-bond donors (Lipinski definition) is 1. The SMILES string of the molecule is CC.Cc1ccc(-n2ccc3c(c2=O)NC(=O)CN3C)cc1. The fourth-order valence-corrected chi connectivity index (χ4v) is 2.35. The summed E-state index contributed by atoms with van der Waals surface area (Å²) in [6.07, 6.45) is 1.74. The molecule has 1 aromatic heterocycles. The average molecular weight is 299 g/mol. The highest BCUT2D eigenvalue weighted by molar-refractivity contribution is 6.00. The summed E-state index contributed by atoms with van der Waals surface area (Å²) in [5.41, 5.74) is 2.79. The number of nitrogens with zero attached hydrogens (tertiary/aromatic N) is 2. The third-order valence-corrected chi connectivity index (χ3v) is 3.44. The van der Waals surface area contributed by atoms with Crippen molar-refractivity contribution in [2.24, 2.45) is 0 Å². The molecule has 5 nitrogen and oxygen atoms in total. The molecule has 3 rings (SSSR count). The van der Waals surface area contributed by atoms with Gasteiger partial charge in [0.15, 0.2) is 0 Å². The Morgan fingerprint density at radius 3 is 2.32 bits per heavy atom. The summed E-state index contributed by atoms with van der Waals surface area (Å²) in [4.78, 5) is 25.9. The van der Waals surface area contributed by atoms with Gasteiger partial charge < -0.3 is 10.2 Å². The second-order valence-electron chi connectivity index (χ2n) is 4.99. The van der Waals surface area contributed by atoms with E-state index in [4.69, 9.17) is 0 Å². The van der Waals surface area contributed by atoms with Gasteiger partial charge in [0.1, 0.15) is 5.69 Å². The van der Waals surface area contributed by atoms with Gasteiger partial charge in [-0.1, -0.05) is 31.5 Å². The largest absolute Gasteiger partial charge is 0.363 e. The summed E-state index contributed by atoms with van der Waals surface area (Å²) < 4.78 is 1.54. The standard InChI is InChI=1S/C15H15N3O2.C2H6/c1-10-3-5-11(6-4-10)18-8-7-12-14(15(18)20)16-13(19)9-17(12)2;1-2/h3-8H,9H2,1-2H3,(H,16,19);1-2H3. The van der Waals surface area contributed by atoms with E-state index < -0.39 is 0 Å². The lowest BCUT2D eigenvalue weighted by Crippen LogP contribution is -2.39. The highest BCUT2D eigenvalue weighted by atomic mass is 16.2. The monoisotopic (exact) mass is 299 g/mol. The maximum absolute atomic E-state index is 12.5. The number of benzene rings is 1. The Hall–Kier alpha value is -2.56. The van der Waals surface area contributed by atoms with E-state index in [9.17, 15) is 9.59 Å². The summed E-state index contributed by atoms with van der Waals surface area (Å²) in [6.45, 7) is 6.26. The number of anilines is 2. The van der Waals surface area contributed by atoms with Crippen LogP contribution in [0.3, 0.4) is 0 Å².